The monoisotopic (exact) mass is 498 g/mol. The molecule has 4 rings (SSSR count). The normalized spacial score (nSPS) is 18.4. The minimum atomic E-state index is -1.39. The SMILES string of the molecule is CC(C)c1ccc(C(NC(=O)C2CC(F)CN2C(=O)Cc2nn(C)c(=O)[nH]2)c2ccccc2)nc1F. The number of carbonyl (C=O) groups is 2. The van der Waals surface area contributed by atoms with Crippen molar-refractivity contribution in [3.63, 3.8) is 0 Å². The standard InChI is InChI=1S/C25H28F2N6O3/c1-14(2)17-9-10-18(28-23(17)27)22(15-7-5-4-6-8-15)30-24(35)19-11-16(26)13-33(19)21(34)12-20-29-25(36)32(3)31-20/h4-10,14,16,19,22H,11-13H2,1-3H3,(H,30,35)(H,29,31,36). The first kappa shape index (κ1) is 25.2. The number of alkyl halides is 1. The molecule has 2 amide bonds. The van der Waals surface area contributed by atoms with E-state index in [0.29, 0.717) is 11.1 Å². The fourth-order valence-corrected chi connectivity index (χ4v) is 4.35. The number of likely N-dealkylation sites (tertiary alicyclic amines) is 1. The van der Waals surface area contributed by atoms with Crippen molar-refractivity contribution in [2.75, 3.05) is 6.54 Å². The highest BCUT2D eigenvalue weighted by molar-refractivity contribution is 5.89. The van der Waals surface area contributed by atoms with Gasteiger partial charge in [0, 0.05) is 19.0 Å². The molecule has 3 heterocycles. The second kappa shape index (κ2) is 10.4. The van der Waals surface area contributed by atoms with E-state index in [9.17, 15) is 23.2 Å². The van der Waals surface area contributed by atoms with Gasteiger partial charge in [-0.25, -0.2) is 18.9 Å². The number of carbonyl (C=O) groups excluding carboxylic acids is 2. The molecule has 36 heavy (non-hydrogen) atoms. The Labute approximate surface area is 206 Å². The van der Waals surface area contributed by atoms with Crippen LogP contribution in [0.4, 0.5) is 8.78 Å². The summed E-state index contributed by atoms with van der Waals surface area (Å²) in [7, 11) is 1.44. The Hall–Kier alpha value is -3.89. The predicted molar refractivity (Wildman–Crippen MR) is 127 cm³/mol. The van der Waals surface area contributed by atoms with Crippen LogP contribution in [0.1, 0.15) is 54.9 Å². The summed E-state index contributed by atoms with van der Waals surface area (Å²) in [6, 6.07) is 10.3. The fraction of sp³-hybridized carbons (Fsp3) is 0.400. The molecule has 2 aromatic heterocycles. The smallest absolute Gasteiger partial charge is 0.342 e. The zero-order valence-corrected chi connectivity index (χ0v) is 20.2. The van der Waals surface area contributed by atoms with Crippen LogP contribution in [-0.4, -0.2) is 55.2 Å². The van der Waals surface area contributed by atoms with Gasteiger partial charge in [-0.3, -0.25) is 14.6 Å². The van der Waals surface area contributed by atoms with E-state index in [1.807, 2.05) is 19.9 Å². The van der Waals surface area contributed by atoms with Crippen LogP contribution in [0.2, 0.25) is 0 Å². The van der Waals surface area contributed by atoms with Crippen LogP contribution >= 0.6 is 0 Å². The van der Waals surface area contributed by atoms with Gasteiger partial charge in [0.25, 0.3) is 0 Å². The van der Waals surface area contributed by atoms with Gasteiger partial charge in [0.1, 0.15) is 18.0 Å². The topological polar surface area (TPSA) is 113 Å². The van der Waals surface area contributed by atoms with Crippen LogP contribution in [-0.2, 0) is 23.1 Å². The van der Waals surface area contributed by atoms with E-state index in [0.717, 1.165) is 9.58 Å². The van der Waals surface area contributed by atoms with Crippen molar-refractivity contribution in [2.45, 2.75) is 50.9 Å². The van der Waals surface area contributed by atoms with Crippen LogP contribution < -0.4 is 11.0 Å². The summed E-state index contributed by atoms with van der Waals surface area (Å²) < 4.78 is 30.2. The molecule has 190 valence electrons. The maximum Gasteiger partial charge on any atom is 0.343 e. The van der Waals surface area contributed by atoms with Crippen molar-refractivity contribution in [3.05, 3.63) is 81.5 Å². The van der Waals surface area contributed by atoms with Crippen molar-refractivity contribution < 1.29 is 18.4 Å². The summed E-state index contributed by atoms with van der Waals surface area (Å²) in [4.78, 5) is 45.6. The van der Waals surface area contributed by atoms with Gasteiger partial charge in [0.05, 0.1) is 24.7 Å². The summed E-state index contributed by atoms with van der Waals surface area (Å²) in [6.07, 6.45) is -1.84. The average Bonchev–Trinajstić information content (AvgIpc) is 3.38. The highest BCUT2D eigenvalue weighted by atomic mass is 19.1. The van der Waals surface area contributed by atoms with Gasteiger partial charge in [0.2, 0.25) is 17.8 Å². The lowest BCUT2D eigenvalue weighted by atomic mass is 9.99. The number of hydrogen-bond acceptors (Lipinski definition) is 5. The molecule has 3 aromatic rings. The van der Waals surface area contributed by atoms with Crippen LogP contribution in [0.25, 0.3) is 0 Å². The number of pyridine rings is 1. The van der Waals surface area contributed by atoms with E-state index >= 15 is 0 Å². The lowest BCUT2D eigenvalue weighted by molar-refractivity contribution is -0.138. The van der Waals surface area contributed by atoms with Gasteiger partial charge >= 0.3 is 5.69 Å². The molecule has 0 spiro atoms. The Balaban J connectivity index is 1.58. The number of nitrogens with zero attached hydrogens (tertiary/aromatic N) is 4. The van der Waals surface area contributed by atoms with E-state index in [-0.39, 0.29) is 36.8 Å². The number of H-pyrrole nitrogens is 1. The Morgan fingerprint density at radius 2 is 1.92 bits per heavy atom. The van der Waals surface area contributed by atoms with Crippen LogP contribution in [0, 0.1) is 5.95 Å². The third-order valence-corrected chi connectivity index (χ3v) is 6.24. The van der Waals surface area contributed by atoms with Crippen molar-refractivity contribution in [2.24, 2.45) is 7.05 Å². The van der Waals surface area contributed by atoms with Gasteiger partial charge < -0.3 is 10.2 Å². The minimum Gasteiger partial charge on any atom is -0.342 e. The Kier molecular flexibility index (Phi) is 7.27. The maximum absolute atomic E-state index is 14.7. The zero-order valence-electron chi connectivity index (χ0n) is 20.2. The van der Waals surface area contributed by atoms with E-state index < -0.39 is 41.7 Å². The number of nitrogens with one attached hydrogen (secondary N) is 2. The molecule has 0 aliphatic carbocycles. The molecule has 11 heteroatoms. The lowest BCUT2D eigenvalue weighted by Crippen LogP contribution is -2.47. The number of halogens is 2. The first-order valence-electron chi connectivity index (χ1n) is 11.7. The van der Waals surface area contributed by atoms with Crippen LogP contribution in [0.5, 0.6) is 0 Å². The molecule has 3 atom stereocenters. The molecular formula is C25H28F2N6O3. The first-order valence-corrected chi connectivity index (χ1v) is 11.7. The molecular weight excluding hydrogens is 470 g/mol. The Morgan fingerprint density at radius 3 is 2.53 bits per heavy atom. The molecule has 0 bridgehead atoms. The summed E-state index contributed by atoms with van der Waals surface area (Å²) in [5, 5.41) is 6.77. The number of rotatable bonds is 7. The van der Waals surface area contributed by atoms with Gasteiger partial charge in [-0.1, -0.05) is 50.2 Å². The largest absolute Gasteiger partial charge is 0.343 e. The molecule has 1 fully saturated rings. The van der Waals surface area contributed by atoms with Gasteiger partial charge in [0.15, 0.2) is 0 Å². The average molecular weight is 499 g/mol. The Bertz CT molecular complexity index is 1310. The van der Waals surface area contributed by atoms with Crippen LogP contribution in [0.3, 0.4) is 0 Å². The van der Waals surface area contributed by atoms with Gasteiger partial charge in [-0.2, -0.15) is 9.49 Å². The summed E-state index contributed by atoms with van der Waals surface area (Å²) in [6.45, 7) is 3.46. The maximum atomic E-state index is 14.7. The van der Waals surface area contributed by atoms with Crippen molar-refractivity contribution >= 4 is 11.8 Å². The quantitative estimate of drug-likeness (QED) is 0.485. The molecule has 1 aromatic carbocycles. The van der Waals surface area contributed by atoms with Crippen molar-refractivity contribution in [1.82, 2.24) is 30.0 Å². The van der Waals surface area contributed by atoms with Gasteiger partial charge in [-0.15, -0.1) is 0 Å². The fourth-order valence-electron chi connectivity index (χ4n) is 4.35. The summed E-state index contributed by atoms with van der Waals surface area (Å²) in [5.74, 6) is -1.68. The third-order valence-electron chi connectivity index (χ3n) is 6.24. The molecule has 1 saturated heterocycles. The molecule has 2 N–H and O–H groups in total. The molecule has 0 saturated carbocycles. The van der Waals surface area contributed by atoms with E-state index in [2.05, 4.69) is 20.4 Å². The molecule has 1 aliphatic rings. The second-order valence-electron chi connectivity index (χ2n) is 9.20. The molecule has 9 nitrogen and oxygen atoms in total. The van der Waals surface area contributed by atoms with E-state index in [4.69, 9.17) is 0 Å². The summed E-state index contributed by atoms with van der Waals surface area (Å²) in [5.41, 5.74) is 0.923. The number of benzene rings is 1. The predicted octanol–water partition coefficient (Wildman–Crippen LogP) is 2.15. The molecule has 1 aliphatic heterocycles. The van der Waals surface area contributed by atoms with Gasteiger partial charge in [-0.05, 0) is 17.5 Å². The number of aryl methyl sites for hydroxylation is 1. The minimum absolute atomic E-state index is 0.0649. The third kappa shape index (κ3) is 5.34. The van der Waals surface area contributed by atoms with Crippen molar-refractivity contribution in [3.8, 4) is 0 Å². The molecule has 3 unspecified atom stereocenters. The number of amides is 2. The highest BCUT2D eigenvalue weighted by Crippen LogP contribution is 2.27. The number of hydrogen-bond donors (Lipinski definition) is 2. The zero-order chi connectivity index (χ0) is 26.0. The highest BCUT2D eigenvalue weighted by Gasteiger charge is 2.40. The molecule has 0 radical (unpaired) electrons. The summed E-state index contributed by atoms with van der Waals surface area (Å²) >= 11 is 0. The van der Waals surface area contributed by atoms with Crippen LogP contribution in [0.15, 0.2) is 47.3 Å². The Morgan fingerprint density at radius 1 is 1.19 bits per heavy atom. The number of aromatic nitrogens is 4. The number of aromatic amines is 1. The van der Waals surface area contributed by atoms with E-state index in [1.165, 1.54) is 7.05 Å². The lowest BCUT2D eigenvalue weighted by Gasteiger charge is -2.26. The second-order valence-corrected chi connectivity index (χ2v) is 9.20. The first-order chi connectivity index (χ1) is 17.1. The van der Waals surface area contributed by atoms with Crippen molar-refractivity contribution in [1.29, 1.82) is 0 Å². The van der Waals surface area contributed by atoms with E-state index in [1.54, 1.807) is 36.4 Å².